The lowest BCUT2D eigenvalue weighted by Gasteiger charge is -2.10. The summed E-state index contributed by atoms with van der Waals surface area (Å²) in [5.74, 6) is -0.0286. The van der Waals surface area contributed by atoms with E-state index >= 15 is 0 Å². The predicted molar refractivity (Wildman–Crippen MR) is 53.9 cm³/mol. The quantitative estimate of drug-likeness (QED) is 0.765. The van der Waals surface area contributed by atoms with Gasteiger partial charge in [-0.1, -0.05) is 0 Å². The predicted octanol–water partition coefficient (Wildman–Crippen LogP) is 1.97. The first-order chi connectivity index (χ1) is 7.08. The average molecular weight is 212 g/mol. The van der Waals surface area contributed by atoms with Gasteiger partial charge in [-0.05, 0) is 13.0 Å². The fourth-order valence-electron chi connectivity index (χ4n) is 1.33. The number of ether oxygens (including phenoxy) is 2. The van der Waals surface area contributed by atoms with Crippen molar-refractivity contribution in [3.8, 4) is 11.5 Å². The van der Waals surface area contributed by atoms with Crippen molar-refractivity contribution >= 4 is 5.78 Å². The highest BCUT2D eigenvalue weighted by molar-refractivity contribution is 5.79. The van der Waals surface area contributed by atoms with E-state index in [1.807, 2.05) is 0 Å². The molecule has 0 atom stereocenters. The molecule has 0 amide bonds. The summed E-state index contributed by atoms with van der Waals surface area (Å²) in [6, 6.07) is 2.70. The number of ketones is 1. The molecule has 15 heavy (non-hydrogen) atoms. The average Bonchev–Trinajstić information content (AvgIpc) is 2.19. The van der Waals surface area contributed by atoms with Crippen LogP contribution in [-0.2, 0) is 11.2 Å². The highest BCUT2D eigenvalue weighted by atomic mass is 19.1. The van der Waals surface area contributed by atoms with E-state index in [0.29, 0.717) is 11.3 Å². The molecule has 1 aromatic carbocycles. The number of carbonyl (C=O) groups excluding carboxylic acids is 1. The zero-order valence-electron chi connectivity index (χ0n) is 8.96. The molecule has 1 rings (SSSR count). The summed E-state index contributed by atoms with van der Waals surface area (Å²) < 4.78 is 23.1. The molecule has 0 aliphatic heterocycles. The Balaban J connectivity index is 3.16. The van der Waals surface area contributed by atoms with Gasteiger partial charge >= 0.3 is 0 Å². The molecule has 0 spiro atoms. The third-order valence-corrected chi connectivity index (χ3v) is 1.99. The Morgan fingerprint density at radius 2 is 1.87 bits per heavy atom. The van der Waals surface area contributed by atoms with Gasteiger partial charge in [0.2, 0.25) is 0 Å². The van der Waals surface area contributed by atoms with Crippen molar-refractivity contribution in [2.45, 2.75) is 13.3 Å². The van der Waals surface area contributed by atoms with Crippen LogP contribution in [0, 0.1) is 5.82 Å². The molecule has 0 unspecified atom stereocenters. The Kier molecular flexibility index (Phi) is 3.66. The van der Waals surface area contributed by atoms with Gasteiger partial charge in [-0.15, -0.1) is 0 Å². The molecule has 1 aromatic rings. The summed E-state index contributed by atoms with van der Waals surface area (Å²) in [7, 11) is 2.81. The molecule has 0 aliphatic rings. The molecule has 0 aromatic heterocycles. The van der Waals surface area contributed by atoms with Crippen LogP contribution >= 0.6 is 0 Å². The Morgan fingerprint density at radius 1 is 1.27 bits per heavy atom. The van der Waals surface area contributed by atoms with Gasteiger partial charge in [-0.3, -0.25) is 4.79 Å². The van der Waals surface area contributed by atoms with E-state index in [2.05, 4.69) is 0 Å². The monoisotopic (exact) mass is 212 g/mol. The van der Waals surface area contributed by atoms with Gasteiger partial charge in [-0.2, -0.15) is 0 Å². The lowest BCUT2D eigenvalue weighted by atomic mass is 10.1. The third-order valence-electron chi connectivity index (χ3n) is 1.99. The first-order valence-corrected chi connectivity index (χ1v) is 4.48. The SMILES string of the molecule is COc1cc(CC(C)=O)c(OC)cc1F. The summed E-state index contributed by atoms with van der Waals surface area (Å²) in [4.78, 5) is 11.0. The molecule has 0 saturated heterocycles. The number of carbonyl (C=O) groups is 1. The molecule has 0 radical (unpaired) electrons. The van der Waals surface area contributed by atoms with Crippen molar-refractivity contribution in [2.75, 3.05) is 14.2 Å². The maximum Gasteiger partial charge on any atom is 0.168 e. The molecule has 82 valence electrons. The first kappa shape index (κ1) is 11.5. The minimum absolute atomic E-state index is 0.0121. The second kappa shape index (κ2) is 4.77. The molecule has 4 heteroatoms. The van der Waals surface area contributed by atoms with Crippen LogP contribution in [0.4, 0.5) is 4.39 Å². The Hall–Kier alpha value is -1.58. The van der Waals surface area contributed by atoms with Gasteiger partial charge in [0.05, 0.1) is 14.2 Å². The van der Waals surface area contributed by atoms with E-state index in [-0.39, 0.29) is 18.0 Å². The van der Waals surface area contributed by atoms with E-state index in [1.165, 1.54) is 33.3 Å². The molecular formula is C11H13FO3. The summed E-state index contributed by atoms with van der Waals surface area (Å²) in [5, 5.41) is 0. The molecular weight excluding hydrogens is 199 g/mol. The summed E-state index contributed by atoms with van der Waals surface area (Å²) in [6.45, 7) is 1.47. The minimum atomic E-state index is -0.498. The largest absolute Gasteiger partial charge is 0.496 e. The second-order valence-electron chi connectivity index (χ2n) is 3.18. The molecule has 0 fully saturated rings. The lowest BCUT2D eigenvalue weighted by molar-refractivity contribution is -0.116. The van der Waals surface area contributed by atoms with Gasteiger partial charge in [-0.25, -0.2) is 4.39 Å². The number of hydrogen-bond acceptors (Lipinski definition) is 3. The van der Waals surface area contributed by atoms with E-state index in [0.717, 1.165) is 0 Å². The topological polar surface area (TPSA) is 35.5 Å². The smallest absolute Gasteiger partial charge is 0.168 e. The molecule has 0 N–H and O–H groups in total. The van der Waals surface area contributed by atoms with Gasteiger partial charge in [0.15, 0.2) is 11.6 Å². The minimum Gasteiger partial charge on any atom is -0.496 e. The summed E-state index contributed by atoms with van der Waals surface area (Å²) >= 11 is 0. The number of benzene rings is 1. The van der Waals surface area contributed by atoms with E-state index in [9.17, 15) is 9.18 Å². The zero-order chi connectivity index (χ0) is 11.4. The van der Waals surface area contributed by atoms with Crippen LogP contribution in [0.2, 0.25) is 0 Å². The maximum atomic E-state index is 13.3. The van der Waals surface area contributed by atoms with Gasteiger partial charge in [0.1, 0.15) is 11.5 Å². The van der Waals surface area contributed by atoms with Gasteiger partial charge < -0.3 is 9.47 Å². The Bertz CT molecular complexity index is 374. The molecule has 0 heterocycles. The fourth-order valence-corrected chi connectivity index (χ4v) is 1.33. The fraction of sp³-hybridized carbons (Fsp3) is 0.364. The van der Waals surface area contributed by atoms with Gasteiger partial charge in [0.25, 0.3) is 0 Å². The Morgan fingerprint density at radius 3 is 2.33 bits per heavy atom. The molecule has 0 aliphatic carbocycles. The van der Waals surface area contributed by atoms with Crippen LogP contribution < -0.4 is 9.47 Å². The normalized spacial score (nSPS) is 9.87. The van der Waals surface area contributed by atoms with Crippen molar-refractivity contribution in [1.29, 1.82) is 0 Å². The van der Waals surface area contributed by atoms with Crippen molar-refractivity contribution < 1.29 is 18.7 Å². The van der Waals surface area contributed by atoms with E-state index in [1.54, 1.807) is 0 Å². The number of rotatable bonds is 4. The standard InChI is InChI=1S/C11H13FO3/c1-7(13)4-8-5-11(15-3)9(12)6-10(8)14-2/h5-6H,4H2,1-3H3. The molecule has 3 nitrogen and oxygen atoms in total. The highest BCUT2D eigenvalue weighted by Crippen LogP contribution is 2.27. The molecule has 0 bridgehead atoms. The zero-order valence-corrected chi connectivity index (χ0v) is 8.96. The van der Waals surface area contributed by atoms with Crippen molar-refractivity contribution in [1.82, 2.24) is 0 Å². The maximum absolute atomic E-state index is 13.3. The number of methoxy groups -OCH3 is 2. The third kappa shape index (κ3) is 2.68. The first-order valence-electron chi connectivity index (χ1n) is 4.48. The highest BCUT2D eigenvalue weighted by Gasteiger charge is 2.12. The van der Waals surface area contributed by atoms with Crippen molar-refractivity contribution in [3.63, 3.8) is 0 Å². The van der Waals surface area contributed by atoms with E-state index < -0.39 is 5.82 Å². The second-order valence-corrected chi connectivity index (χ2v) is 3.18. The van der Waals surface area contributed by atoms with Crippen LogP contribution in [-0.4, -0.2) is 20.0 Å². The lowest BCUT2D eigenvalue weighted by Crippen LogP contribution is -2.01. The Labute approximate surface area is 87.8 Å². The van der Waals surface area contributed by atoms with Crippen LogP contribution in [0.3, 0.4) is 0 Å². The number of halogens is 1. The van der Waals surface area contributed by atoms with Crippen LogP contribution in [0.25, 0.3) is 0 Å². The van der Waals surface area contributed by atoms with Crippen LogP contribution in [0.15, 0.2) is 12.1 Å². The van der Waals surface area contributed by atoms with Crippen molar-refractivity contribution in [2.24, 2.45) is 0 Å². The summed E-state index contributed by atoms with van der Waals surface area (Å²) in [6.07, 6.45) is 0.208. The van der Waals surface area contributed by atoms with E-state index in [4.69, 9.17) is 9.47 Å². The number of hydrogen-bond donors (Lipinski definition) is 0. The summed E-state index contributed by atoms with van der Waals surface area (Å²) in [5.41, 5.74) is 0.628. The van der Waals surface area contributed by atoms with Crippen molar-refractivity contribution in [3.05, 3.63) is 23.5 Å². The number of Topliss-reactive ketones (excluding diaryl/α,β-unsaturated/α-hetero) is 1. The van der Waals surface area contributed by atoms with Crippen LogP contribution in [0.1, 0.15) is 12.5 Å². The molecule has 0 saturated carbocycles. The van der Waals surface area contributed by atoms with Crippen LogP contribution in [0.5, 0.6) is 11.5 Å². The van der Waals surface area contributed by atoms with Gasteiger partial charge in [0, 0.05) is 18.1 Å².